The number of anilines is 1. The lowest BCUT2D eigenvalue weighted by Crippen LogP contribution is -2.18. The first kappa shape index (κ1) is 26.5. The van der Waals surface area contributed by atoms with Crippen molar-refractivity contribution in [2.75, 3.05) is 11.6 Å². The third kappa shape index (κ3) is 5.69. The summed E-state index contributed by atoms with van der Waals surface area (Å²) in [4.78, 5) is 27.0. The molecule has 3 aromatic carbocycles. The van der Waals surface area contributed by atoms with E-state index in [-0.39, 0.29) is 11.7 Å². The van der Waals surface area contributed by atoms with E-state index in [1.54, 1.807) is 24.3 Å². The van der Waals surface area contributed by atoms with Crippen LogP contribution < -0.4 is 9.75 Å². The van der Waals surface area contributed by atoms with Crippen LogP contribution in [0, 0.1) is 24.0 Å². The predicted molar refractivity (Wildman–Crippen MR) is 154 cm³/mol. The van der Waals surface area contributed by atoms with Gasteiger partial charge in [0.2, 0.25) is 5.13 Å². The number of carbonyl (C=O) groups is 1. The zero-order valence-electron chi connectivity index (χ0n) is 21.0. The van der Waals surface area contributed by atoms with Crippen LogP contribution in [-0.2, 0) is 4.79 Å². The van der Waals surface area contributed by atoms with Crippen LogP contribution in [0.25, 0.3) is 11.3 Å². The lowest BCUT2D eigenvalue weighted by Gasteiger charge is -2.21. The van der Waals surface area contributed by atoms with Crippen molar-refractivity contribution in [3.8, 4) is 17.0 Å². The van der Waals surface area contributed by atoms with E-state index in [4.69, 9.17) is 19.9 Å². The normalized spacial score (nSPS) is 14.8. The molecule has 0 spiro atoms. The molecule has 1 aliphatic heterocycles. The predicted octanol–water partition coefficient (Wildman–Crippen LogP) is 6.92. The number of halogens is 1. The van der Waals surface area contributed by atoms with Gasteiger partial charge in [-0.25, -0.2) is 14.8 Å². The Hall–Kier alpha value is -4.09. The molecule has 1 atom stereocenters. The first-order chi connectivity index (χ1) is 18.7. The zero-order valence-corrected chi connectivity index (χ0v) is 23.4. The molecule has 2 heterocycles. The van der Waals surface area contributed by atoms with Crippen molar-refractivity contribution in [3.05, 3.63) is 103 Å². The van der Waals surface area contributed by atoms with Gasteiger partial charge in [0.05, 0.1) is 22.4 Å². The number of nitro benzene ring substituents is 1. The summed E-state index contributed by atoms with van der Waals surface area (Å²) in [5.41, 5.74) is 6.12. The summed E-state index contributed by atoms with van der Waals surface area (Å²) in [7, 11) is 0. The van der Waals surface area contributed by atoms with Crippen LogP contribution in [0.2, 0.25) is 0 Å². The van der Waals surface area contributed by atoms with Gasteiger partial charge in [-0.2, -0.15) is 5.10 Å². The van der Waals surface area contributed by atoms with Crippen LogP contribution in [0.5, 0.6) is 5.75 Å². The minimum atomic E-state index is -1.08. The fourth-order valence-electron chi connectivity index (χ4n) is 4.46. The Morgan fingerprint density at radius 2 is 2.00 bits per heavy atom. The van der Waals surface area contributed by atoms with Gasteiger partial charge in [-0.3, -0.25) is 10.1 Å². The van der Waals surface area contributed by atoms with Crippen molar-refractivity contribution in [3.63, 3.8) is 0 Å². The number of thiazole rings is 1. The van der Waals surface area contributed by atoms with Gasteiger partial charge in [-0.05, 0) is 49.2 Å². The Labute approximate surface area is 236 Å². The average molecular weight is 607 g/mol. The van der Waals surface area contributed by atoms with Gasteiger partial charge in [0.15, 0.2) is 6.61 Å². The van der Waals surface area contributed by atoms with E-state index in [0.29, 0.717) is 28.6 Å². The summed E-state index contributed by atoms with van der Waals surface area (Å²) in [5.74, 6) is -0.679. The molecule has 1 aliphatic rings. The van der Waals surface area contributed by atoms with E-state index in [9.17, 15) is 14.9 Å². The standard InChI is InChI=1S/C28H23BrN4O5S/c1-16-6-7-17(2)21(10-16)23-13-25(18-4-3-5-20(11-18)33(36)37)32(31-23)28-30-24(15-39-28)22-12-19(29)8-9-26(22)38-14-27(34)35/h3-12,15,25H,13-14H2,1-2H3,(H,34,35)/t25-/m1/s1. The van der Waals surface area contributed by atoms with Gasteiger partial charge in [0.1, 0.15) is 5.75 Å². The summed E-state index contributed by atoms with van der Waals surface area (Å²) in [6.45, 7) is 3.59. The Morgan fingerprint density at radius 1 is 1.18 bits per heavy atom. The maximum absolute atomic E-state index is 11.5. The van der Waals surface area contributed by atoms with E-state index in [0.717, 1.165) is 32.4 Å². The number of aromatic nitrogens is 1. The Kier molecular flexibility index (Phi) is 7.45. The molecule has 1 N–H and O–H groups in total. The van der Waals surface area contributed by atoms with Crippen LogP contribution in [-0.4, -0.2) is 33.3 Å². The number of nitrogens with zero attached hydrogens (tertiary/aromatic N) is 4. The highest BCUT2D eigenvalue weighted by molar-refractivity contribution is 9.10. The molecule has 4 aromatic rings. The fourth-order valence-corrected chi connectivity index (χ4v) is 5.65. The largest absolute Gasteiger partial charge is 0.481 e. The van der Waals surface area contributed by atoms with Gasteiger partial charge in [-0.1, -0.05) is 45.8 Å². The highest BCUT2D eigenvalue weighted by atomic mass is 79.9. The van der Waals surface area contributed by atoms with Crippen molar-refractivity contribution in [1.29, 1.82) is 0 Å². The molecule has 0 bridgehead atoms. The number of rotatable bonds is 8. The van der Waals surface area contributed by atoms with E-state index >= 15 is 0 Å². The van der Waals surface area contributed by atoms with Gasteiger partial charge < -0.3 is 9.84 Å². The molecule has 9 nitrogen and oxygen atoms in total. The summed E-state index contributed by atoms with van der Waals surface area (Å²) in [5, 5.41) is 29.8. The second-order valence-electron chi connectivity index (χ2n) is 9.12. The fraction of sp³-hybridized carbons (Fsp3) is 0.179. The van der Waals surface area contributed by atoms with Gasteiger partial charge in [0, 0.05) is 39.5 Å². The van der Waals surface area contributed by atoms with E-state index in [1.165, 1.54) is 17.4 Å². The number of aliphatic carboxylic acids is 1. The molecule has 0 aliphatic carbocycles. The van der Waals surface area contributed by atoms with E-state index in [2.05, 4.69) is 34.1 Å². The third-order valence-corrected chi connectivity index (χ3v) is 7.66. The minimum absolute atomic E-state index is 0.0156. The second-order valence-corrected chi connectivity index (χ2v) is 10.9. The molecule has 1 aromatic heterocycles. The lowest BCUT2D eigenvalue weighted by atomic mass is 9.95. The van der Waals surface area contributed by atoms with Crippen LogP contribution >= 0.6 is 27.3 Å². The maximum Gasteiger partial charge on any atom is 0.341 e. The second kappa shape index (κ2) is 11.0. The molecule has 5 rings (SSSR count). The van der Waals surface area contributed by atoms with Gasteiger partial charge in [-0.15, -0.1) is 11.3 Å². The van der Waals surface area contributed by atoms with Crippen molar-refractivity contribution < 1.29 is 19.6 Å². The Bertz CT molecular complexity index is 1620. The van der Waals surface area contributed by atoms with Crippen LogP contribution in [0.3, 0.4) is 0 Å². The lowest BCUT2D eigenvalue weighted by molar-refractivity contribution is -0.384. The average Bonchev–Trinajstić information content (AvgIpc) is 3.57. The smallest absolute Gasteiger partial charge is 0.341 e. The molecule has 0 fully saturated rings. The maximum atomic E-state index is 11.5. The Balaban J connectivity index is 1.57. The molecule has 198 valence electrons. The SMILES string of the molecule is Cc1ccc(C)c(C2=NN(c3nc(-c4cc(Br)ccc4OCC(=O)O)cs3)[C@@H](c3cccc([N+](=O)[O-])c3)C2)c1. The van der Waals surface area contributed by atoms with Crippen LogP contribution in [0.4, 0.5) is 10.8 Å². The van der Waals surface area contributed by atoms with Crippen LogP contribution in [0.1, 0.15) is 34.7 Å². The molecular weight excluding hydrogens is 584 g/mol. The summed E-state index contributed by atoms with van der Waals surface area (Å²) in [6, 6.07) is 17.8. The van der Waals surface area contributed by atoms with E-state index in [1.807, 2.05) is 36.4 Å². The zero-order chi connectivity index (χ0) is 27.7. The number of nitro groups is 1. The number of carboxylic acid groups (broad SMARTS) is 1. The number of carboxylic acids is 1. The van der Waals surface area contributed by atoms with Crippen molar-refractivity contribution in [1.82, 2.24) is 4.98 Å². The highest BCUT2D eigenvalue weighted by Gasteiger charge is 2.33. The number of hydrazone groups is 1. The minimum Gasteiger partial charge on any atom is -0.481 e. The number of hydrogen-bond donors (Lipinski definition) is 1. The molecule has 0 saturated carbocycles. The number of benzene rings is 3. The topological polar surface area (TPSA) is 118 Å². The molecule has 39 heavy (non-hydrogen) atoms. The third-order valence-electron chi connectivity index (χ3n) is 6.34. The van der Waals surface area contributed by atoms with Gasteiger partial charge in [0.25, 0.3) is 5.69 Å². The molecular formula is C28H23BrN4O5S. The van der Waals surface area contributed by atoms with E-state index < -0.39 is 17.5 Å². The van der Waals surface area contributed by atoms with Gasteiger partial charge >= 0.3 is 5.97 Å². The Morgan fingerprint density at radius 3 is 2.77 bits per heavy atom. The quantitative estimate of drug-likeness (QED) is 0.171. The summed E-state index contributed by atoms with van der Waals surface area (Å²) in [6.07, 6.45) is 0.546. The number of hydrogen-bond acceptors (Lipinski definition) is 8. The monoisotopic (exact) mass is 606 g/mol. The summed E-state index contributed by atoms with van der Waals surface area (Å²) < 4.78 is 6.30. The van der Waals surface area contributed by atoms with Crippen molar-refractivity contribution >= 4 is 49.8 Å². The highest BCUT2D eigenvalue weighted by Crippen LogP contribution is 2.42. The van der Waals surface area contributed by atoms with Crippen LogP contribution in [0.15, 0.2) is 75.6 Å². The van der Waals surface area contributed by atoms with Crippen molar-refractivity contribution in [2.24, 2.45) is 5.10 Å². The molecule has 0 radical (unpaired) electrons. The molecule has 0 unspecified atom stereocenters. The van der Waals surface area contributed by atoms with Crippen molar-refractivity contribution in [2.45, 2.75) is 26.3 Å². The molecule has 0 amide bonds. The first-order valence-corrected chi connectivity index (χ1v) is 13.7. The number of non-ortho nitro benzene ring substituents is 1. The molecule has 11 heteroatoms. The number of ether oxygens (including phenoxy) is 1. The molecule has 0 saturated heterocycles. The summed E-state index contributed by atoms with van der Waals surface area (Å²) >= 11 is 4.85. The number of aryl methyl sites for hydroxylation is 2. The first-order valence-electron chi connectivity index (χ1n) is 12.0.